The number of hydrogen-bond acceptors (Lipinski definition) is 3. The molecule has 2 rings (SSSR count). The van der Waals surface area contributed by atoms with E-state index in [2.05, 4.69) is 10.6 Å². The van der Waals surface area contributed by atoms with E-state index in [0.717, 1.165) is 0 Å². The first-order chi connectivity index (χ1) is 10.1. The van der Waals surface area contributed by atoms with Gasteiger partial charge in [0.15, 0.2) is 0 Å². The SMILES string of the molecule is NC(=O)c1ccccc1NC(=O)CNc1cccc(F)c1. The fraction of sp³-hybridized carbons (Fsp3) is 0.0667. The molecule has 0 heterocycles. The molecule has 21 heavy (non-hydrogen) atoms. The normalized spacial score (nSPS) is 9.95. The van der Waals surface area contributed by atoms with Crippen LogP contribution in [0.1, 0.15) is 10.4 Å². The highest BCUT2D eigenvalue weighted by atomic mass is 19.1. The minimum atomic E-state index is -0.621. The Hall–Kier alpha value is -2.89. The van der Waals surface area contributed by atoms with E-state index >= 15 is 0 Å². The maximum Gasteiger partial charge on any atom is 0.250 e. The molecule has 0 aromatic heterocycles. The number of carbonyl (C=O) groups excluding carboxylic acids is 2. The Morgan fingerprint density at radius 3 is 2.57 bits per heavy atom. The zero-order valence-corrected chi connectivity index (χ0v) is 11.1. The quantitative estimate of drug-likeness (QED) is 0.786. The number of benzene rings is 2. The van der Waals surface area contributed by atoms with Gasteiger partial charge in [-0.05, 0) is 30.3 Å². The van der Waals surface area contributed by atoms with Crippen LogP contribution in [0.5, 0.6) is 0 Å². The van der Waals surface area contributed by atoms with E-state index < -0.39 is 5.91 Å². The Morgan fingerprint density at radius 2 is 1.86 bits per heavy atom. The van der Waals surface area contributed by atoms with E-state index in [9.17, 15) is 14.0 Å². The van der Waals surface area contributed by atoms with Gasteiger partial charge in [0.25, 0.3) is 5.91 Å². The molecule has 2 aromatic carbocycles. The summed E-state index contributed by atoms with van der Waals surface area (Å²) in [6, 6.07) is 12.2. The van der Waals surface area contributed by atoms with Crippen LogP contribution in [0.3, 0.4) is 0 Å². The number of primary amides is 1. The van der Waals surface area contributed by atoms with Crippen molar-refractivity contribution in [3.05, 3.63) is 59.9 Å². The molecule has 0 saturated carbocycles. The smallest absolute Gasteiger partial charge is 0.250 e. The number of para-hydroxylation sites is 1. The first kappa shape index (κ1) is 14.5. The molecule has 6 heteroatoms. The average molecular weight is 287 g/mol. The number of halogens is 1. The van der Waals surface area contributed by atoms with Gasteiger partial charge in [0, 0.05) is 5.69 Å². The van der Waals surface area contributed by atoms with E-state index in [-0.39, 0.29) is 23.8 Å². The Labute approximate surface area is 121 Å². The third-order valence-electron chi connectivity index (χ3n) is 2.74. The average Bonchev–Trinajstić information content (AvgIpc) is 2.45. The second kappa shape index (κ2) is 6.51. The molecular weight excluding hydrogens is 273 g/mol. The van der Waals surface area contributed by atoms with E-state index in [1.165, 1.54) is 24.3 Å². The van der Waals surface area contributed by atoms with E-state index in [1.807, 2.05) is 0 Å². The van der Waals surface area contributed by atoms with Gasteiger partial charge >= 0.3 is 0 Å². The molecule has 0 aliphatic heterocycles. The van der Waals surface area contributed by atoms with Gasteiger partial charge in [0.2, 0.25) is 5.91 Å². The Morgan fingerprint density at radius 1 is 1.10 bits per heavy atom. The fourth-order valence-corrected chi connectivity index (χ4v) is 1.78. The molecule has 0 radical (unpaired) electrons. The Kier molecular flexibility index (Phi) is 4.50. The van der Waals surface area contributed by atoms with Crippen molar-refractivity contribution in [1.82, 2.24) is 0 Å². The first-order valence-electron chi connectivity index (χ1n) is 6.24. The number of nitrogens with two attached hydrogens (primary N) is 1. The molecule has 2 amide bonds. The summed E-state index contributed by atoms with van der Waals surface area (Å²) in [4.78, 5) is 23.1. The van der Waals surface area contributed by atoms with Crippen LogP contribution in [0.25, 0.3) is 0 Å². The largest absolute Gasteiger partial charge is 0.376 e. The fourth-order valence-electron chi connectivity index (χ4n) is 1.78. The van der Waals surface area contributed by atoms with Crippen LogP contribution < -0.4 is 16.4 Å². The van der Waals surface area contributed by atoms with Gasteiger partial charge in [-0.1, -0.05) is 18.2 Å². The molecule has 0 saturated heterocycles. The van der Waals surface area contributed by atoms with Crippen molar-refractivity contribution in [2.45, 2.75) is 0 Å². The van der Waals surface area contributed by atoms with Crippen LogP contribution in [-0.2, 0) is 4.79 Å². The van der Waals surface area contributed by atoms with Crippen molar-refractivity contribution < 1.29 is 14.0 Å². The van der Waals surface area contributed by atoms with E-state index in [0.29, 0.717) is 11.4 Å². The molecule has 0 aliphatic carbocycles. The number of carbonyl (C=O) groups is 2. The highest BCUT2D eigenvalue weighted by molar-refractivity contribution is 6.03. The van der Waals surface area contributed by atoms with E-state index in [4.69, 9.17) is 5.73 Å². The van der Waals surface area contributed by atoms with E-state index in [1.54, 1.807) is 24.3 Å². The number of rotatable bonds is 5. The van der Waals surface area contributed by atoms with Crippen LogP contribution in [0.4, 0.5) is 15.8 Å². The number of nitrogens with one attached hydrogen (secondary N) is 2. The van der Waals surface area contributed by atoms with Gasteiger partial charge in [-0.25, -0.2) is 4.39 Å². The molecule has 0 atom stereocenters. The third kappa shape index (κ3) is 4.04. The lowest BCUT2D eigenvalue weighted by Gasteiger charge is -2.10. The monoisotopic (exact) mass is 287 g/mol. The van der Waals surface area contributed by atoms with Crippen LogP contribution >= 0.6 is 0 Å². The van der Waals surface area contributed by atoms with Crippen molar-refractivity contribution in [2.24, 2.45) is 5.73 Å². The zero-order chi connectivity index (χ0) is 15.2. The van der Waals surface area contributed by atoms with Gasteiger partial charge in [-0.3, -0.25) is 9.59 Å². The Bertz CT molecular complexity index is 673. The maximum atomic E-state index is 13.0. The lowest BCUT2D eigenvalue weighted by molar-refractivity contribution is -0.114. The van der Waals surface area contributed by atoms with Crippen LogP contribution in [0.2, 0.25) is 0 Å². The first-order valence-corrected chi connectivity index (χ1v) is 6.24. The van der Waals surface area contributed by atoms with Gasteiger partial charge in [0.05, 0.1) is 17.8 Å². The number of hydrogen-bond donors (Lipinski definition) is 3. The molecule has 0 spiro atoms. The molecule has 4 N–H and O–H groups in total. The van der Waals surface area contributed by atoms with Crippen LogP contribution in [0, 0.1) is 5.82 Å². The molecule has 0 aliphatic rings. The molecule has 108 valence electrons. The van der Waals surface area contributed by atoms with Gasteiger partial charge < -0.3 is 16.4 Å². The molecule has 5 nitrogen and oxygen atoms in total. The molecule has 0 fully saturated rings. The molecule has 0 bridgehead atoms. The lowest BCUT2D eigenvalue weighted by atomic mass is 10.1. The van der Waals surface area contributed by atoms with Crippen molar-refractivity contribution in [2.75, 3.05) is 17.2 Å². The van der Waals surface area contributed by atoms with Gasteiger partial charge in [-0.2, -0.15) is 0 Å². The summed E-state index contributed by atoms with van der Waals surface area (Å²) >= 11 is 0. The van der Waals surface area contributed by atoms with Crippen molar-refractivity contribution in [1.29, 1.82) is 0 Å². The molecule has 0 unspecified atom stereocenters. The number of anilines is 2. The molecular formula is C15H14FN3O2. The van der Waals surface area contributed by atoms with Crippen molar-refractivity contribution in [3.63, 3.8) is 0 Å². The number of amides is 2. The summed E-state index contributed by atoms with van der Waals surface area (Å²) in [5.74, 6) is -1.38. The second-order valence-electron chi connectivity index (χ2n) is 4.32. The second-order valence-corrected chi connectivity index (χ2v) is 4.32. The predicted molar refractivity (Wildman–Crippen MR) is 78.5 cm³/mol. The van der Waals surface area contributed by atoms with Crippen LogP contribution in [0.15, 0.2) is 48.5 Å². The van der Waals surface area contributed by atoms with Gasteiger partial charge in [-0.15, -0.1) is 0 Å². The summed E-state index contributed by atoms with van der Waals surface area (Å²) < 4.78 is 13.0. The summed E-state index contributed by atoms with van der Waals surface area (Å²) in [6.07, 6.45) is 0. The van der Waals surface area contributed by atoms with Crippen molar-refractivity contribution >= 4 is 23.2 Å². The third-order valence-corrected chi connectivity index (χ3v) is 2.74. The van der Waals surface area contributed by atoms with Crippen LogP contribution in [-0.4, -0.2) is 18.4 Å². The minimum absolute atomic E-state index is 0.0590. The predicted octanol–water partition coefficient (Wildman–Crippen LogP) is 1.98. The standard InChI is InChI=1S/C15H14FN3O2/c16-10-4-3-5-11(8-10)18-9-14(20)19-13-7-2-1-6-12(13)15(17)21/h1-8,18H,9H2,(H2,17,21)(H,19,20). The summed E-state index contributed by atoms with van der Waals surface area (Å²) in [5, 5.41) is 5.37. The minimum Gasteiger partial charge on any atom is -0.376 e. The highest BCUT2D eigenvalue weighted by Crippen LogP contribution is 2.14. The zero-order valence-electron chi connectivity index (χ0n) is 11.1. The highest BCUT2D eigenvalue weighted by Gasteiger charge is 2.10. The van der Waals surface area contributed by atoms with Crippen molar-refractivity contribution in [3.8, 4) is 0 Å². The summed E-state index contributed by atoms with van der Waals surface area (Å²) in [6.45, 7) is -0.0590. The van der Waals surface area contributed by atoms with Gasteiger partial charge in [0.1, 0.15) is 5.82 Å². The summed E-state index contributed by atoms with van der Waals surface area (Å²) in [5.41, 5.74) is 6.29. The topological polar surface area (TPSA) is 84.2 Å². The summed E-state index contributed by atoms with van der Waals surface area (Å²) in [7, 11) is 0. The molecule has 2 aromatic rings. The lowest BCUT2D eigenvalue weighted by Crippen LogP contribution is -2.24. The Balaban J connectivity index is 1.98. The maximum absolute atomic E-state index is 13.0.